The molecule has 21 heavy (non-hydrogen) atoms. The summed E-state index contributed by atoms with van der Waals surface area (Å²) in [6.07, 6.45) is 1.03. The molecular weight excluding hydrogens is 481 g/mol. The van der Waals surface area contributed by atoms with Gasteiger partial charge in [-0.25, -0.2) is 4.99 Å². The number of hydrogen-bond donors (Lipinski definition) is 2. The van der Waals surface area contributed by atoms with Gasteiger partial charge in [-0.3, -0.25) is 0 Å². The third kappa shape index (κ3) is 7.12. The van der Waals surface area contributed by atoms with Gasteiger partial charge in [0.1, 0.15) is 0 Å². The average molecular weight is 500 g/mol. The highest BCUT2D eigenvalue weighted by Crippen LogP contribution is 2.22. The van der Waals surface area contributed by atoms with Gasteiger partial charge in [-0.2, -0.15) is 0 Å². The van der Waals surface area contributed by atoms with Crippen molar-refractivity contribution in [2.75, 3.05) is 13.1 Å². The molecule has 0 atom stereocenters. The first-order valence-electron chi connectivity index (χ1n) is 6.56. The fourth-order valence-corrected chi connectivity index (χ4v) is 3.81. The number of nitrogens with zero attached hydrogens (tertiary/aromatic N) is 1. The number of hydrogen-bond acceptors (Lipinski definition) is 3. The number of thiophene rings is 2. The van der Waals surface area contributed by atoms with Crippen LogP contribution in [0.5, 0.6) is 0 Å². The van der Waals surface area contributed by atoms with Crippen molar-refractivity contribution in [1.29, 1.82) is 0 Å². The fraction of sp³-hybridized carbons (Fsp3) is 0.357. The van der Waals surface area contributed by atoms with Crippen LogP contribution in [0.25, 0.3) is 0 Å². The normalized spacial score (nSPS) is 11.0. The number of aliphatic imine (C=N–C) groups is 1. The Morgan fingerprint density at radius 3 is 2.71 bits per heavy atom. The van der Waals surface area contributed by atoms with E-state index in [0.29, 0.717) is 6.54 Å². The Morgan fingerprint density at radius 1 is 1.24 bits per heavy atom. The Bertz CT molecular complexity index is 540. The molecule has 116 valence electrons. The van der Waals surface area contributed by atoms with Gasteiger partial charge in [0.2, 0.25) is 0 Å². The number of rotatable bonds is 6. The number of guanidine groups is 1. The summed E-state index contributed by atoms with van der Waals surface area (Å²) >= 11 is 7.00. The van der Waals surface area contributed by atoms with Crippen molar-refractivity contribution in [2.45, 2.75) is 19.9 Å². The van der Waals surface area contributed by atoms with Crippen LogP contribution in [0.4, 0.5) is 0 Å². The summed E-state index contributed by atoms with van der Waals surface area (Å²) in [6, 6.07) is 8.42. The standard InChI is InChI=1S/C14H18BrN3S2.HI/c1-2-16-14(17-8-7-11-4-3-9-19-11)18-10-12-5-6-13(15)20-12;/h3-6,9H,2,7-8,10H2,1H3,(H2,16,17,18);1H. The summed E-state index contributed by atoms with van der Waals surface area (Å²) in [5.41, 5.74) is 0. The Hall–Kier alpha value is -0.120. The van der Waals surface area contributed by atoms with Crippen LogP contribution in [0.1, 0.15) is 16.7 Å². The van der Waals surface area contributed by atoms with Crippen molar-refractivity contribution in [2.24, 2.45) is 4.99 Å². The second-order valence-corrected chi connectivity index (χ2v) is 7.74. The van der Waals surface area contributed by atoms with Gasteiger partial charge in [0, 0.05) is 22.8 Å². The van der Waals surface area contributed by atoms with E-state index >= 15 is 0 Å². The summed E-state index contributed by atoms with van der Waals surface area (Å²) < 4.78 is 1.15. The second-order valence-electron chi connectivity index (χ2n) is 4.16. The zero-order valence-electron chi connectivity index (χ0n) is 11.8. The highest BCUT2D eigenvalue weighted by molar-refractivity contribution is 14.0. The van der Waals surface area contributed by atoms with Crippen LogP contribution in [-0.2, 0) is 13.0 Å². The van der Waals surface area contributed by atoms with Crippen molar-refractivity contribution in [1.82, 2.24) is 10.6 Å². The molecule has 2 aromatic rings. The monoisotopic (exact) mass is 499 g/mol. The van der Waals surface area contributed by atoms with E-state index in [1.807, 2.05) is 0 Å². The predicted octanol–water partition coefficient (Wildman–Crippen LogP) is 4.49. The Labute approximate surface area is 159 Å². The molecule has 0 amide bonds. The van der Waals surface area contributed by atoms with Crippen LogP contribution in [0.3, 0.4) is 0 Å². The summed E-state index contributed by atoms with van der Waals surface area (Å²) in [7, 11) is 0. The molecule has 2 rings (SSSR count). The SMILES string of the molecule is CCNC(=NCc1ccc(Br)s1)NCCc1cccs1.I. The highest BCUT2D eigenvalue weighted by atomic mass is 127. The Balaban J connectivity index is 0.00000220. The Kier molecular flexibility index (Phi) is 9.54. The van der Waals surface area contributed by atoms with E-state index in [0.717, 1.165) is 29.3 Å². The zero-order valence-corrected chi connectivity index (χ0v) is 17.3. The maximum absolute atomic E-state index is 4.60. The minimum absolute atomic E-state index is 0. The maximum atomic E-state index is 4.60. The van der Waals surface area contributed by atoms with E-state index in [1.165, 1.54) is 9.75 Å². The molecule has 2 aromatic heterocycles. The lowest BCUT2D eigenvalue weighted by molar-refractivity contribution is 0.806. The zero-order chi connectivity index (χ0) is 14.2. The minimum Gasteiger partial charge on any atom is -0.357 e. The number of nitrogens with one attached hydrogen (secondary N) is 2. The third-order valence-electron chi connectivity index (χ3n) is 2.61. The molecule has 2 N–H and O–H groups in total. The first-order valence-corrected chi connectivity index (χ1v) is 9.05. The van der Waals surface area contributed by atoms with Crippen LogP contribution in [-0.4, -0.2) is 19.0 Å². The quantitative estimate of drug-likeness (QED) is 0.349. The lowest BCUT2D eigenvalue weighted by Gasteiger charge is -2.10. The molecule has 0 unspecified atom stereocenters. The van der Waals surface area contributed by atoms with Gasteiger partial charge in [-0.1, -0.05) is 6.07 Å². The minimum atomic E-state index is 0. The van der Waals surface area contributed by atoms with Gasteiger partial charge < -0.3 is 10.6 Å². The van der Waals surface area contributed by atoms with Gasteiger partial charge in [0.05, 0.1) is 10.3 Å². The second kappa shape index (κ2) is 10.6. The summed E-state index contributed by atoms with van der Waals surface area (Å²) in [4.78, 5) is 7.26. The van der Waals surface area contributed by atoms with Crippen LogP contribution in [0.2, 0.25) is 0 Å². The molecule has 0 fully saturated rings. The van der Waals surface area contributed by atoms with E-state index in [4.69, 9.17) is 0 Å². The molecule has 0 aromatic carbocycles. The molecule has 0 saturated carbocycles. The molecule has 0 bridgehead atoms. The average Bonchev–Trinajstić information content (AvgIpc) is 3.07. The first kappa shape index (κ1) is 18.9. The van der Waals surface area contributed by atoms with Crippen LogP contribution in [0.15, 0.2) is 38.4 Å². The van der Waals surface area contributed by atoms with Crippen LogP contribution in [0, 0.1) is 0 Å². The molecule has 2 heterocycles. The molecule has 0 aliphatic rings. The summed E-state index contributed by atoms with van der Waals surface area (Å²) in [5, 5.41) is 8.76. The van der Waals surface area contributed by atoms with E-state index in [2.05, 4.69) is 68.1 Å². The lowest BCUT2D eigenvalue weighted by atomic mass is 10.3. The van der Waals surface area contributed by atoms with E-state index in [9.17, 15) is 0 Å². The number of halogens is 2. The molecule has 0 spiro atoms. The molecule has 3 nitrogen and oxygen atoms in total. The maximum Gasteiger partial charge on any atom is 0.191 e. The van der Waals surface area contributed by atoms with Crippen molar-refractivity contribution in [3.8, 4) is 0 Å². The molecule has 7 heteroatoms. The lowest BCUT2D eigenvalue weighted by Crippen LogP contribution is -2.38. The molecular formula is C14H19BrIN3S2. The van der Waals surface area contributed by atoms with Gasteiger partial charge in [-0.05, 0) is 52.9 Å². The van der Waals surface area contributed by atoms with Crippen molar-refractivity contribution >= 4 is 68.5 Å². The van der Waals surface area contributed by atoms with E-state index in [-0.39, 0.29) is 24.0 Å². The molecule has 0 aliphatic carbocycles. The van der Waals surface area contributed by atoms with Crippen molar-refractivity contribution < 1.29 is 0 Å². The van der Waals surface area contributed by atoms with Crippen molar-refractivity contribution in [3.63, 3.8) is 0 Å². The third-order valence-corrected chi connectivity index (χ3v) is 5.15. The molecule has 0 aliphatic heterocycles. The highest BCUT2D eigenvalue weighted by Gasteiger charge is 2.00. The summed E-state index contributed by atoms with van der Waals surface area (Å²) in [6.45, 7) is 4.57. The largest absolute Gasteiger partial charge is 0.357 e. The van der Waals surface area contributed by atoms with Gasteiger partial charge in [-0.15, -0.1) is 46.7 Å². The smallest absolute Gasteiger partial charge is 0.191 e. The Morgan fingerprint density at radius 2 is 2.10 bits per heavy atom. The fourth-order valence-electron chi connectivity index (χ4n) is 1.69. The van der Waals surface area contributed by atoms with Gasteiger partial charge in [0.15, 0.2) is 5.96 Å². The van der Waals surface area contributed by atoms with Gasteiger partial charge >= 0.3 is 0 Å². The van der Waals surface area contributed by atoms with Crippen LogP contribution < -0.4 is 10.6 Å². The predicted molar refractivity (Wildman–Crippen MR) is 108 cm³/mol. The first-order chi connectivity index (χ1) is 9.78. The van der Waals surface area contributed by atoms with Crippen molar-refractivity contribution in [3.05, 3.63) is 43.2 Å². The molecule has 0 radical (unpaired) electrons. The topological polar surface area (TPSA) is 36.4 Å². The van der Waals surface area contributed by atoms with Gasteiger partial charge in [0.25, 0.3) is 0 Å². The van der Waals surface area contributed by atoms with E-state index in [1.54, 1.807) is 22.7 Å². The van der Waals surface area contributed by atoms with E-state index < -0.39 is 0 Å². The summed E-state index contributed by atoms with van der Waals surface area (Å²) in [5.74, 6) is 0.883. The molecule has 0 saturated heterocycles. The van der Waals surface area contributed by atoms with Crippen LogP contribution >= 0.6 is 62.6 Å².